The minimum absolute atomic E-state index is 0.0853. The zero-order valence-electron chi connectivity index (χ0n) is 16.6. The number of carbonyl (C=O) groups excluding carboxylic acids is 2. The molecule has 0 aromatic heterocycles. The Morgan fingerprint density at radius 3 is 2.52 bits per heavy atom. The molecule has 2 amide bonds. The van der Waals surface area contributed by atoms with Crippen molar-refractivity contribution in [1.29, 1.82) is 0 Å². The number of carbonyl (C=O) groups is 2. The van der Waals surface area contributed by atoms with E-state index in [0.717, 1.165) is 18.2 Å². The fraction of sp³-hybridized carbons (Fsp3) is 0.300. The largest absolute Gasteiger partial charge is 0.496 e. The number of sulfonamides is 1. The van der Waals surface area contributed by atoms with Gasteiger partial charge in [0.2, 0.25) is 11.8 Å². The molecule has 0 radical (unpaired) electrons. The van der Waals surface area contributed by atoms with Crippen LogP contribution >= 0.6 is 0 Å². The van der Waals surface area contributed by atoms with Gasteiger partial charge in [0.1, 0.15) is 11.8 Å². The molecule has 0 bridgehead atoms. The van der Waals surface area contributed by atoms with Gasteiger partial charge in [0, 0.05) is 12.1 Å². The summed E-state index contributed by atoms with van der Waals surface area (Å²) in [4.78, 5) is 24.9. The molecule has 31 heavy (non-hydrogen) atoms. The van der Waals surface area contributed by atoms with Crippen molar-refractivity contribution in [2.24, 2.45) is 0 Å². The summed E-state index contributed by atoms with van der Waals surface area (Å²) in [6.45, 7) is 1.63. The van der Waals surface area contributed by atoms with Gasteiger partial charge in [-0.3, -0.25) is 9.59 Å². The number of methoxy groups -OCH3 is 1. The molecule has 166 valence electrons. The zero-order chi connectivity index (χ0) is 23.0. The van der Waals surface area contributed by atoms with Crippen LogP contribution in [-0.4, -0.2) is 37.7 Å². The minimum Gasteiger partial charge on any atom is -0.496 e. The molecule has 1 heterocycles. The van der Waals surface area contributed by atoms with E-state index >= 15 is 0 Å². The van der Waals surface area contributed by atoms with Crippen molar-refractivity contribution in [3.8, 4) is 5.75 Å². The maximum absolute atomic E-state index is 13.1. The molecule has 2 aromatic carbocycles. The summed E-state index contributed by atoms with van der Waals surface area (Å²) in [6.07, 6.45) is -4.88. The number of nitrogens with one attached hydrogen (secondary N) is 1. The number of benzene rings is 2. The lowest BCUT2D eigenvalue weighted by Gasteiger charge is -2.24. The molecule has 1 fully saturated rings. The van der Waals surface area contributed by atoms with Gasteiger partial charge in [-0.2, -0.15) is 13.2 Å². The fourth-order valence-electron chi connectivity index (χ4n) is 3.32. The molecule has 0 unspecified atom stereocenters. The molecule has 0 spiro atoms. The van der Waals surface area contributed by atoms with E-state index in [1.807, 2.05) is 0 Å². The van der Waals surface area contributed by atoms with Gasteiger partial charge in [-0.15, -0.1) is 0 Å². The molecule has 1 aliphatic rings. The molecule has 0 saturated carbocycles. The third-order valence-electron chi connectivity index (χ3n) is 4.84. The van der Waals surface area contributed by atoms with E-state index in [-0.39, 0.29) is 23.4 Å². The molecule has 1 saturated heterocycles. The molecule has 7 nitrogen and oxygen atoms in total. The lowest BCUT2D eigenvalue weighted by Crippen LogP contribution is -2.45. The van der Waals surface area contributed by atoms with Gasteiger partial charge in [-0.25, -0.2) is 12.7 Å². The number of ether oxygens (including phenoxy) is 1. The molecule has 11 heteroatoms. The Hall–Kier alpha value is -3.08. The highest BCUT2D eigenvalue weighted by molar-refractivity contribution is 7.89. The molecule has 1 N–H and O–H groups in total. The van der Waals surface area contributed by atoms with Gasteiger partial charge >= 0.3 is 6.18 Å². The van der Waals surface area contributed by atoms with E-state index in [4.69, 9.17) is 4.74 Å². The highest BCUT2D eigenvalue weighted by atomic mass is 32.2. The van der Waals surface area contributed by atoms with E-state index in [2.05, 4.69) is 5.32 Å². The van der Waals surface area contributed by atoms with Gasteiger partial charge in [-0.05, 0) is 55.3 Å². The van der Waals surface area contributed by atoms with Crippen LogP contribution in [0.4, 0.5) is 18.9 Å². The molecule has 1 atom stereocenters. The summed E-state index contributed by atoms with van der Waals surface area (Å²) in [7, 11) is -2.94. The molecule has 2 aromatic rings. The Morgan fingerprint density at radius 1 is 1.19 bits per heavy atom. The van der Waals surface area contributed by atoms with E-state index in [1.165, 1.54) is 31.4 Å². The van der Waals surface area contributed by atoms with Crippen LogP contribution in [0.2, 0.25) is 0 Å². The first-order valence-corrected chi connectivity index (χ1v) is 10.6. The Morgan fingerprint density at radius 2 is 1.90 bits per heavy atom. The normalized spacial score (nSPS) is 17.0. The van der Waals surface area contributed by atoms with Gasteiger partial charge < -0.3 is 10.1 Å². The number of anilines is 1. The van der Waals surface area contributed by atoms with Crippen LogP contribution < -0.4 is 10.1 Å². The summed E-state index contributed by atoms with van der Waals surface area (Å²) >= 11 is 0. The minimum atomic E-state index is -4.61. The van der Waals surface area contributed by atoms with Crippen LogP contribution in [0.5, 0.6) is 5.75 Å². The zero-order valence-corrected chi connectivity index (χ0v) is 17.4. The average Bonchev–Trinajstić information content (AvgIpc) is 3.10. The van der Waals surface area contributed by atoms with Crippen LogP contribution in [0.3, 0.4) is 0 Å². The maximum Gasteiger partial charge on any atom is 0.416 e. The Labute approximate surface area is 176 Å². The second-order valence-electron chi connectivity index (χ2n) is 6.95. The van der Waals surface area contributed by atoms with Crippen molar-refractivity contribution in [2.75, 3.05) is 12.4 Å². The van der Waals surface area contributed by atoms with Crippen molar-refractivity contribution in [3.05, 3.63) is 53.6 Å². The molecular weight excluding hydrogens is 437 g/mol. The van der Waals surface area contributed by atoms with Gasteiger partial charge in [0.05, 0.1) is 17.6 Å². The Kier molecular flexibility index (Phi) is 5.99. The van der Waals surface area contributed by atoms with Crippen LogP contribution in [0.1, 0.15) is 24.0 Å². The Balaban J connectivity index is 1.89. The van der Waals surface area contributed by atoms with E-state index in [9.17, 15) is 31.2 Å². The first-order chi connectivity index (χ1) is 14.4. The number of halogens is 3. The third-order valence-corrected chi connectivity index (χ3v) is 6.67. The van der Waals surface area contributed by atoms with Crippen molar-refractivity contribution in [1.82, 2.24) is 4.31 Å². The average molecular weight is 456 g/mol. The lowest BCUT2D eigenvalue weighted by molar-refractivity contribution is -0.137. The van der Waals surface area contributed by atoms with Crippen LogP contribution in [0, 0.1) is 6.92 Å². The van der Waals surface area contributed by atoms with Crippen molar-refractivity contribution >= 4 is 27.5 Å². The lowest BCUT2D eigenvalue weighted by atomic mass is 10.1. The van der Waals surface area contributed by atoms with Gasteiger partial charge in [0.25, 0.3) is 10.0 Å². The number of amides is 2. The maximum atomic E-state index is 13.1. The second kappa shape index (κ2) is 8.22. The van der Waals surface area contributed by atoms with E-state index < -0.39 is 39.6 Å². The first-order valence-electron chi connectivity index (χ1n) is 9.15. The van der Waals surface area contributed by atoms with Crippen LogP contribution in [0.25, 0.3) is 0 Å². The number of rotatable bonds is 5. The molecule has 0 aliphatic carbocycles. The highest BCUT2D eigenvalue weighted by Gasteiger charge is 2.44. The summed E-state index contributed by atoms with van der Waals surface area (Å²) in [5.74, 6) is -1.21. The predicted octanol–water partition coefficient (Wildman–Crippen LogP) is 3.34. The highest BCUT2D eigenvalue weighted by Crippen LogP contribution is 2.32. The number of alkyl halides is 3. The number of hydrogen-bond acceptors (Lipinski definition) is 5. The van der Waals surface area contributed by atoms with Crippen LogP contribution in [-0.2, 0) is 25.8 Å². The van der Waals surface area contributed by atoms with Crippen molar-refractivity contribution < 1.29 is 35.9 Å². The number of hydrogen-bond donors (Lipinski definition) is 1. The van der Waals surface area contributed by atoms with Gasteiger partial charge in [-0.1, -0.05) is 6.07 Å². The monoisotopic (exact) mass is 456 g/mol. The molecular formula is C20H19F3N2O5S. The number of aryl methyl sites for hydroxylation is 1. The Bertz CT molecular complexity index is 1130. The van der Waals surface area contributed by atoms with E-state index in [1.54, 1.807) is 6.92 Å². The molecule has 1 aliphatic heterocycles. The van der Waals surface area contributed by atoms with Crippen molar-refractivity contribution in [2.45, 2.75) is 36.9 Å². The molecule has 3 rings (SSSR count). The SMILES string of the molecule is COc1ccc(S(=O)(=O)N2C(=O)CC[C@@H]2C(=O)Nc2cccc(C(F)(F)F)c2)cc1C. The topological polar surface area (TPSA) is 92.8 Å². The summed E-state index contributed by atoms with van der Waals surface area (Å²) in [5.41, 5.74) is -0.608. The van der Waals surface area contributed by atoms with Crippen LogP contribution in [0.15, 0.2) is 47.4 Å². The van der Waals surface area contributed by atoms with Gasteiger partial charge in [0.15, 0.2) is 0 Å². The van der Waals surface area contributed by atoms with E-state index in [0.29, 0.717) is 15.6 Å². The quantitative estimate of drug-likeness (QED) is 0.745. The first kappa shape index (κ1) is 22.6. The standard InChI is InChI=1S/C20H19F3N2O5S/c1-12-10-15(6-8-17(12)30-2)31(28,29)25-16(7-9-18(25)26)19(27)24-14-5-3-4-13(11-14)20(21,22)23/h3-6,8,10-11,16H,7,9H2,1-2H3,(H,24,27)/t16-/m1/s1. The fourth-order valence-corrected chi connectivity index (χ4v) is 5.01. The third kappa shape index (κ3) is 4.50. The summed E-state index contributed by atoms with van der Waals surface area (Å²) < 4.78 is 70.5. The summed E-state index contributed by atoms with van der Waals surface area (Å²) in [5, 5.41) is 2.28. The summed E-state index contributed by atoms with van der Waals surface area (Å²) in [6, 6.07) is 6.58. The number of nitrogens with zero attached hydrogens (tertiary/aromatic N) is 1. The second-order valence-corrected chi connectivity index (χ2v) is 8.76. The van der Waals surface area contributed by atoms with Crippen molar-refractivity contribution in [3.63, 3.8) is 0 Å². The smallest absolute Gasteiger partial charge is 0.416 e. The predicted molar refractivity (Wildman–Crippen MR) is 105 cm³/mol.